The number of aryl methyl sites for hydroxylation is 1. The second-order valence-electron chi connectivity index (χ2n) is 5.62. The summed E-state index contributed by atoms with van der Waals surface area (Å²) < 4.78 is 13.2. The first-order chi connectivity index (χ1) is 11.5. The zero-order chi connectivity index (χ0) is 17.3. The Morgan fingerprint density at radius 3 is 2.50 bits per heavy atom. The van der Waals surface area contributed by atoms with E-state index in [9.17, 15) is 14.4 Å². The number of carbonyl (C=O) groups excluding carboxylic acids is 1. The van der Waals surface area contributed by atoms with Gasteiger partial charge in [-0.1, -0.05) is 19.1 Å². The van der Waals surface area contributed by atoms with E-state index in [2.05, 4.69) is 11.1 Å². The van der Waals surface area contributed by atoms with Gasteiger partial charge in [0.15, 0.2) is 5.78 Å². The molecule has 0 atom stereocenters. The molecule has 0 unspecified atom stereocenters. The van der Waals surface area contributed by atoms with E-state index < -0.39 is 0 Å². The van der Waals surface area contributed by atoms with Gasteiger partial charge in [-0.05, 0) is 54.8 Å². The number of halogens is 1. The zero-order valence-corrected chi connectivity index (χ0v) is 13.4. The van der Waals surface area contributed by atoms with Crippen LogP contribution in [0.5, 0.6) is 0 Å². The third-order valence-electron chi connectivity index (χ3n) is 4.04. The van der Waals surface area contributed by atoms with E-state index in [1.807, 2.05) is 19.1 Å². The van der Waals surface area contributed by atoms with Crippen LogP contribution in [0.3, 0.4) is 0 Å². The molecule has 0 N–H and O–H groups in total. The van der Waals surface area contributed by atoms with Gasteiger partial charge in [-0.25, -0.2) is 9.37 Å². The summed E-state index contributed by atoms with van der Waals surface area (Å²) in [7, 11) is 0. The number of nitrogens with zero attached hydrogens (tertiary/aromatic N) is 2. The number of benzene rings is 2. The number of nitriles is 1. The topological polar surface area (TPSA) is 53.8 Å². The predicted molar refractivity (Wildman–Crippen MR) is 91.2 cm³/mol. The van der Waals surface area contributed by atoms with Gasteiger partial charge in [0, 0.05) is 16.5 Å². The van der Waals surface area contributed by atoms with Crippen LogP contribution in [-0.2, 0) is 6.42 Å². The van der Waals surface area contributed by atoms with Gasteiger partial charge < -0.3 is 0 Å². The van der Waals surface area contributed by atoms with Crippen molar-refractivity contribution in [2.24, 2.45) is 0 Å². The molecule has 0 saturated heterocycles. The van der Waals surface area contributed by atoms with E-state index in [4.69, 9.17) is 0 Å². The van der Waals surface area contributed by atoms with Gasteiger partial charge in [0.2, 0.25) is 0 Å². The minimum atomic E-state index is -0.344. The SMILES string of the molecule is CCc1cc(C(C)=O)c2cc(-c3ccc(F)cc3)c(C#N)nc2c1. The molecule has 0 spiro atoms. The Morgan fingerprint density at radius 1 is 1.21 bits per heavy atom. The molecule has 3 aromatic rings. The zero-order valence-electron chi connectivity index (χ0n) is 13.4. The van der Waals surface area contributed by atoms with Gasteiger partial charge in [0.05, 0.1) is 5.52 Å². The number of carbonyl (C=O) groups is 1. The highest BCUT2D eigenvalue weighted by atomic mass is 19.1. The van der Waals surface area contributed by atoms with E-state index in [1.165, 1.54) is 19.1 Å². The van der Waals surface area contributed by atoms with Crippen LogP contribution in [0.4, 0.5) is 4.39 Å². The van der Waals surface area contributed by atoms with E-state index in [-0.39, 0.29) is 17.3 Å². The van der Waals surface area contributed by atoms with Crippen molar-refractivity contribution in [2.75, 3.05) is 0 Å². The molecule has 0 aliphatic heterocycles. The van der Waals surface area contributed by atoms with Crippen molar-refractivity contribution in [3.05, 3.63) is 65.1 Å². The van der Waals surface area contributed by atoms with Gasteiger partial charge in [0.25, 0.3) is 0 Å². The average Bonchev–Trinajstić information content (AvgIpc) is 2.60. The highest BCUT2D eigenvalue weighted by Crippen LogP contribution is 2.29. The molecular formula is C20H15FN2O. The first kappa shape index (κ1) is 15.8. The number of rotatable bonds is 3. The molecule has 0 fully saturated rings. The number of ketones is 1. The monoisotopic (exact) mass is 318 g/mol. The molecule has 0 amide bonds. The Labute approximate surface area is 139 Å². The Morgan fingerprint density at radius 2 is 1.92 bits per heavy atom. The second-order valence-corrected chi connectivity index (χ2v) is 5.62. The lowest BCUT2D eigenvalue weighted by atomic mass is 9.96. The van der Waals surface area contributed by atoms with Crippen LogP contribution in [0.1, 0.15) is 35.5 Å². The molecule has 3 rings (SSSR count). The normalized spacial score (nSPS) is 10.6. The van der Waals surface area contributed by atoms with E-state index >= 15 is 0 Å². The summed E-state index contributed by atoms with van der Waals surface area (Å²) in [5.41, 5.74) is 3.76. The third kappa shape index (κ3) is 2.77. The largest absolute Gasteiger partial charge is 0.294 e. The lowest BCUT2D eigenvalue weighted by molar-refractivity contribution is 0.101. The van der Waals surface area contributed by atoms with Crippen LogP contribution in [0.25, 0.3) is 22.0 Å². The summed E-state index contributed by atoms with van der Waals surface area (Å²) in [6.07, 6.45) is 0.777. The minimum absolute atomic E-state index is 0.0492. The second kappa shape index (κ2) is 6.21. The van der Waals surface area contributed by atoms with Crippen LogP contribution < -0.4 is 0 Å². The number of Topliss-reactive ketones (excluding diaryl/α,β-unsaturated/α-hetero) is 1. The van der Waals surface area contributed by atoms with Crippen LogP contribution in [0.2, 0.25) is 0 Å². The number of hydrogen-bond acceptors (Lipinski definition) is 3. The summed E-state index contributed by atoms with van der Waals surface area (Å²) in [5.74, 6) is -0.394. The molecule has 0 saturated carbocycles. The summed E-state index contributed by atoms with van der Waals surface area (Å²) in [6, 6.07) is 13.5. The van der Waals surface area contributed by atoms with Gasteiger partial charge >= 0.3 is 0 Å². The fraction of sp³-hybridized carbons (Fsp3) is 0.150. The third-order valence-corrected chi connectivity index (χ3v) is 4.04. The van der Waals surface area contributed by atoms with Gasteiger partial charge in [-0.15, -0.1) is 0 Å². The van der Waals surface area contributed by atoms with Crippen molar-refractivity contribution in [1.82, 2.24) is 4.98 Å². The lowest BCUT2D eigenvalue weighted by Crippen LogP contribution is -2.00. The maximum atomic E-state index is 13.2. The maximum absolute atomic E-state index is 13.2. The van der Waals surface area contributed by atoms with Crippen molar-refractivity contribution in [2.45, 2.75) is 20.3 Å². The molecule has 0 aliphatic carbocycles. The van der Waals surface area contributed by atoms with Crippen molar-refractivity contribution in [3.63, 3.8) is 0 Å². The predicted octanol–water partition coefficient (Wildman–Crippen LogP) is 4.68. The van der Waals surface area contributed by atoms with Crippen LogP contribution >= 0.6 is 0 Å². The first-order valence-electron chi connectivity index (χ1n) is 7.68. The van der Waals surface area contributed by atoms with E-state index in [0.29, 0.717) is 27.6 Å². The van der Waals surface area contributed by atoms with Crippen molar-refractivity contribution < 1.29 is 9.18 Å². The van der Waals surface area contributed by atoms with Crippen molar-refractivity contribution in [1.29, 1.82) is 5.26 Å². The Bertz CT molecular complexity index is 985. The molecule has 24 heavy (non-hydrogen) atoms. The molecular weight excluding hydrogens is 303 g/mol. The molecule has 0 radical (unpaired) electrons. The first-order valence-corrected chi connectivity index (χ1v) is 7.68. The summed E-state index contributed by atoms with van der Waals surface area (Å²) in [4.78, 5) is 16.5. The van der Waals surface area contributed by atoms with Gasteiger partial charge in [-0.2, -0.15) is 5.26 Å². The smallest absolute Gasteiger partial charge is 0.160 e. The number of aromatic nitrogens is 1. The van der Waals surface area contributed by atoms with E-state index in [0.717, 1.165) is 12.0 Å². The standard InChI is InChI=1S/C20H15FN2O/c1-3-13-8-16(12(2)24)18-10-17(14-4-6-15(21)7-5-14)20(11-22)23-19(18)9-13/h4-10H,3H2,1-2H3. The molecule has 0 aliphatic rings. The molecule has 1 aromatic heterocycles. The van der Waals surface area contributed by atoms with Gasteiger partial charge in [-0.3, -0.25) is 4.79 Å². The Kier molecular flexibility index (Phi) is 4.09. The fourth-order valence-electron chi connectivity index (χ4n) is 2.76. The number of fused-ring (bicyclic) bond motifs is 1. The number of pyridine rings is 1. The highest BCUT2D eigenvalue weighted by Gasteiger charge is 2.14. The van der Waals surface area contributed by atoms with Crippen molar-refractivity contribution >= 4 is 16.7 Å². The summed E-state index contributed by atoms with van der Waals surface area (Å²) >= 11 is 0. The fourth-order valence-corrected chi connectivity index (χ4v) is 2.76. The Hall–Kier alpha value is -3.06. The minimum Gasteiger partial charge on any atom is -0.294 e. The molecule has 0 bridgehead atoms. The molecule has 4 heteroatoms. The highest BCUT2D eigenvalue weighted by molar-refractivity contribution is 6.07. The quantitative estimate of drug-likeness (QED) is 0.659. The van der Waals surface area contributed by atoms with Gasteiger partial charge in [0.1, 0.15) is 17.6 Å². The summed E-state index contributed by atoms with van der Waals surface area (Å²) in [6.45, 7) is 3.52. The lowest BCUT2D eigenvalue weighted by Gasteiger charge is -2.11. The van der Waals surface area contributed by atoms with E-state index in [1.54, 1.807) is 18.2 Å². The maximum Gasteiger partial charge on any atom is 0.160 e. The number of hydrogen-bond donors (Lipinski definition) is 0. The molecule has 3 nitrogen and oxygen atoms in total. The van der Waals surface area contributed by atoms with Crippen LogP contribution in [0, 0.1) is 17.1 Å². The average molecular weight is 318 g/mol. The molecule has 118 valence electrons. The van der Waals surface area contributed by atoms with Crippen LogP contribution in [-0.4, -0.2) is 10.8 Å². The van der Waals surface area contributed by atoms with Crippen LogP contribution in [0.15, 0.2) is 42.5 Å². The molecule has 2 aromatic carbocycles. The molecule has 1 heterocycles. The summed E-state index contributed by atoms with van der Waals surface area (Å²) in [5, 5.41) is 10.2. The van der Waals surface area contributed by atoms with Crippen molar-refractivity contribution in [3.8, 4) is 17.2 Å². The Balaban J connectivity index is 2.35.